The number of carbonyl (C=O) groups excluding carboxylic acids is 1. The van der Waals surface area contributed by atoms with Gasteiger partial charge in [0.1, 0.15) is 0 Å². The number of rotatable bonds is 6. The number of benzene rings is 2. The summed E-state index contributed by atoms with van der Waals surface area (Å²) in [6, 6.07) is 12.2. The van der Waals surface area contributed by atoms with Crippen LogP contribution in [0.4, 0.5) is 5.13 Å². The van der Waals surface area contributed by atoms with Gasteiger partial charge in [0.15, 0.2) is 15.0 Å². The second-order valence-electron chi connectivity index (χ2n) is 7.18. The zero-order valence-electron chi connectivity index (χ0n) is 16.7. The highest BCUT2D eigenvalue weighted by molar-refractivity contribution is 7.98. The van der Waals surface area contributed by atoms with Gasteiger partial charge < -0.3 is 4.74 Å². The number of carbonyl (C=O) groups is 1. The average Bonchev–Trinajstić information content (AvgIpc) is 3.39. The Morgan fingerprint density at radius 3 is 2.83 bits per heavy atom. The topological polar surface area (TPSA) is 76.6 Å². The third kappa shape index (κ3) is 4.54. The van der Waals surface area contributed by atoms with Crippen molar-refractivity contribution in [3.8, 4) is 0 Å². The molecule has 1 fully saturated rings. The molecule has 1 aromatic heterocycles. The van der Waals surface area contributed by atoms with Gasteiger partial charge in [0.05, 0.1) is 27.8 Å². The standard InChI is InChI=1S/C21H22N2O4S3/c1-28-16-8-9-18-19(12-16)29-21(22-18)23(13-15-6-4-10-27-15)20(24)14-5-3-7-17(11-14)30(2,25)26/h3,5,7-9,11-12,15H,4,6,10,13H2,1-2H3. The van der Waals surface area contributed by atoms with Gasteiger partial charge in [-0.25, -0.2) is 13.4 Å². The number of thioether (sulfide) groups is 1. The Bertz CT molecular complexity index is 1180. The molecule has 1 amide bonds. The molecule has 0 bridgehead atoms. The number of nitrogens with zero attached hydrogens (tertiary/aromatic N) is 2. The quantitative estimate of drug-likeness (QED) is 0.510. The highest BCUT2D eigenvalue weighted by atomic mass is 32.2. The van der Waals surface area contributed by atoms with E-state index in [0.717, 1.165) is 34.2 Å². The lowest BCUT2D eigenvalue weighted by Crippen LogP contribution is -2.37. The number of amides is 1. The third-order valence-corrected chi connectivity index (χ3v) is 7.86. The molecule has 30 heavy (non-hydrogen) atoms. The van der Waals surface area contributed by atoms with Crippen LogP contribution in [0.25, 0.3) is 10.2 Å². The van der Waals surface area contributed by atoms with E-state index in [0.29, 0.717) is 23.8 Å². The number of anilines is 1. The number of aromatic nitrogens is 1. The van der Waals surface area contributed by atoms with Crippen molar-refractivity contribution >= 4 is 54.2 Å². The molecule has 1 aliphatic rings. The molecule has 2 aromatic carbocycles. The number of hydrogen-bond acceptors (Lipinski definition) is 7. The fraction of sp³-hybridized carbons (Fsp3) is 0.333. The highest BCUT2D eigenvalue weighted by Gasteiger charge is 2.27. The molecule has 0 aliphatic carbocycles. The maximum Gasteiger partial charge on any atom is 0.260 e. The SMILES string of the molecule is CSc1ccc2nc(N(CC3CCCO3)C(=O)c3cccc(S(C)(=O)=O)c3)sc2c1. The van der Waals surface area contributed by atoms with Crippen LogP contribution in [0.1, 0.15) is 23.2 Å². The van der Waals surface area contributed by atoms with Gasteiger partial charge in [0, 0.05) is 23.3 Å². The number of fused-ring (bicyclic) bond motifs is 1. The van der Waals surface area contributed by atoms with Crippen molar-refractivity contribution in [2.45, 2.75) is 28.7 Å². The Hall–Kier alpha value is -1.94. The zero-order chi connectivity index (χ0) is 21.3. The van der Waals surface area contributed by atoms with Crippen molar-refractivity contribution in [3.05, 3.63) is 48.0 Å². The molecule has 4 rings (SSSR count). The van der Waals surface area contributed by atoms with Gasteiger partial charge in [-0.15, -0.1) is 11.8 Å². The summed E-state index contributed by atoms with van der Waals surface area (Å²) in [4.78, 5) is 21.0. The lowest BCUT2D eigenvalue weighted by Gasteiger charge is -2.23. The molecule has 3 aromatic rings. The zero-order valence-corrected chi connectivity index (χ0v) is 19.1. The lowest BCUT2D eigenvalue weighted by atomic mass is 10.2. The summed E-state index contributed by atoms with van der Waals surface area (Å²) in [5.41, 5.74) is 1.16. The van der Waals surface area contributed by atoms with Crippen molar-refractivity contribution in [2.75, 3.05) is 30.6 Å². The van der Waals surface area contributed by atoms with Gasteiger partial charge in [-0.1, -0.05) is 17.4 Å². The summed E-state index contributed by atoms with van der Waals surface area (Å²) in [5, 5.41) is 0.591. The van der Waals surface area contributed by atoms with Crippen LogP contribution >= 0.6 is 23.1 Å². The van der Waals surface area contributed by atoms with Gasteiger partial charge in [-0.05, 0) is 55.5 Å². The number of thiazole rings is 1. The van der Waals surface area contributed by atoms with E-state index in [2.05, 4.69) is 11.1 Å². The molecule has 2 heterocycles. The summed E-state index contributed by atoms with van der Waals surface area (Å²) >= 11 is 3.11. The van der Waals surface area contributed by atoms with Crippen molar-refractivity contribution in [1.29, 1.82) is 0 Å². The van der Waals surface area contributed by atoms with Gasteiger partial charge in [-0.3, -0.25) is 9.69 Å². The predicted octanol–water partition coefficient (Wildman–Crippen LogP) is 4.25. The second-order valence-corrected chi connectivity index (χ2v) is 11.1. The van der Waals surface area contributed by atoms with E-state index in [1.54, 1.807) is 28.8 Å². The summed E-state index contributed by atoms with van der Waals surface area (Å²) in [5.74, 6) is -0.278. The molecule has 6 nitrogen and oxygen atoms in total. The van der Waals surface area contributed by atoms with Crippen LogP contribution in [0.2, 0.25) is 0 Å². The van der Waals surface area contributed by atoms with Crippen LogP contribution in [0.5, 0.6) is 0 Å². The first-order valence-electron chi connectivity index (χ1n) is 9.53. The molecule has 0 spiro atoms. The van der Waals surface area contributed by atoms with Crippen molar-refractivity contribution in [2.24, 2.45) is 0 Å². The monoisotopic (exact) mass is 462 g/mol. The van der Waals surface area contributed by atoms with Gasteiger partial charge in [-0.2, -0.15) is 0 Å². The van der Waals surface area contributed by atoms with E-state index >= 15 is 0 Å². The third-order valence-electron chi connectivity index (χ3n) is 4.98. The molecular formula is C21H22N2O4S3. The van der Waals surface area contributed by atoms with Gasteiger partial charge >= 0.3 is 0 Å². The van der Waals surface area contributed by atoms with E-state index in [9.17, 15) is 13.2 Å². The van der Waals surface area contributed by atoms with Crippen LogP contribution in [-0.2, 0) is 14.6 Å². The maximum absolute atomic E-state index is 13.5. The van der Waals surface area contributed by atoms with Crippen LogP contribution in [0, 0.1) is 0 Å². The van der Waals surface area contributed by atoms with Crippen LogP contribution < -0.4 is 4.90 Å². The Morgan fingerprint density at radius 1 is 1.30 bits per heavy atom. The van der Waals surface area contributed by atoms with E-state index < -0.39 is 9.84 Å². The van der Waals surface area contributed by atoms with Crippen molar-refractivity contribution < 1.29 is 17.9 Å². The first kappa shape index (κ1) is 21.3. The van der Waals surface area contributed by atoms with Gasteiger partial charge in [0.25, 0.3) is 5.91 Å². The molecule has 0 radical (unpaired) electrons. The van der Waals surface area contributed by atoms with E-state index in [4.69, 9.17) is 4.74 Å². The fourth-order valence-electron chi connectivity index (χ4n) is 3.39. The summed E-state index contributed by atoms with van der Waals surface area (Å²) in [7, 11) is -3.41. The molecule has 1 saturated heterocycles. The Morgan fingerprint density at radius 2 is 2.13 bits per heavy atom. The Balaban J connectivity index is 1.73. The number of sulfone groups is 1. The van der Waals surface area contributed by atoms with Crippen LogP contribution in [0.3, 0.4) is 0 Å². The molecule has 1 atom stereocenters. The molecule has 1 unspecified atom stereocenters. The predicted molar refractivity (Wildman–Crippen MR) is 122 cm³/mol. The first-order valence-corrected chi connectivity index (χ1v) is 13.5. The molecule has 0 N–H and O–H groups in total. The van der Waals surface area contributed by atoms with Crippen molar-refractivity contribution in [3.63, 3.8) is 0 Å². The number of hydrogen-bond donors (Lipinski definition) is 0. The molecule has 9 heteroatoms. The molecule has 0 saturated carbocycles. The van der Waals surface area contributed by atoms with E-state index in [1.165, 1.54) is 23.5 Å². The number of ether oxygens (including phenoxy) is 1. The van der Waals surface area contributed by atoms with E-state index in [1.807, 2.05) is 18.4 Å². The van der Waals surface area contributed by atoms with Gasteiger partial charge in [0.2, 0.25) is 0 Å². The maximum atomic E-state index is 13.5. The normalized spacial score (nSPS) is 16.8. The molecular weight excluding hydrogens is 440 g/mol. The summed E-state index contributed by atoms with van der Waals surface area (Å²) in [6.07, 6.45) is 4.95. The Labute approximate surface area is 184 Å². The average molecular weight is 463 g/mol. The van der Waals surface area contributed by atoms with Crippen molar-refractivity contribution in [1.82, 2.24) is 4.98 Å². The largest absolute Gasteiger partial charge is 0.376 e. The summed E-state index contributed by atoms with van der Waals surface area (Å²) in [6.45, 7) is 1.07. The highest BCUT2D eigenvalue weighted by Crippen LogP contribution is 2.33. The molecule has 158 valence electrons. The Kier molecular flexibility index (Phi) is 6.15. The van der Waals surface area contributed by atoms with Crippen LogP contribution in [-0.4, -0.2) is 51.1 Å². The summed E-state index contributed by atoms with van der Waals surface area (Å²) < 4.78 is 30.7. The lowest BCUT2D eigenvalue weighted by molar-refractivity contribution is 0.0917. The van der Waals surface area contributed by atoms with E-state index in [-0.39, 0.29) is 16.9 Å². The van der Waals surface area contributed by atoms with Crippen LogP contribution in [0.15, 0.2) is 52.3 Å². The molecule has 1 aliphatic heterocycles. The minimum absolute atomic E-state index is 0.0548. The fourth-order valence-corrected chi connectivity index (χ4v) is 5.58. The second kappa shape index (κ2) is 8.66. The first-order chi connectivity index (χ1) is 14.3. The minimum Gasteiger partial charge on any atom is -0.376 e. The smallest absolute Gasteiger partial charge is 0.260 e. The minimum atomic E-state index is -3.41.